The van der Waals surface area contributed by atoms with Gasteiger partial charge in [0.2, 0.25) is 0 Å². The van der Waals surface area contributed by atoms with Gasteiger partial charge in [-0.15, -0.1) is 0 Å². The molecule has 0 bridgehead atoms. The van der Waals surface area contributed by atoms with E-state index < -0.39 is 47.2 Å². The molecule has 0 atom stereocenters. The highest BCUT2D eigenvalue weighted by Gasteiger charge is 2.52. The second kappa shape index (κ2) is 7.36. The van der Waals surface area contributed by atoms with Crippen LogP contribution < -0.4 is 0 Å². The predicted molar refractivity (Wildman–Crippen MR) is 93.5 cm³/mol. The maximum atomic E-state index is 14.0. The molecule has 0 saturated carbocycles. The van der Waals surface area contributed by atoms with Crippen molar-refractivity contribution in [3.05, 3.63) is 40.4 Å². The van der Waals surface area contributed by atoms with Gasteiger partial charge in [0, 0.05) is 18.7 Å². The van der Waals surface area contributed by atoms with Crippen LogP contribution in [0, 0.1) is 23.3 Å². The fourth-order valence-corrected chi connectivity index (χ4v) is 2.85. The van der Waals surface area contributed by atoms with Crippen molar-refractivity contribution in [3.8, 4) is 0 Å². The van der Waals surface area contributed by atoms with Crippen LogP contribution in [0.5, 0.6) is 0 Å². The fraction of sp³-hybridized carbons (Fsp3) is 0.471. The molecule has 1 aromatic rings. The third kappa shape index (κ3) is 4.15. The second-order valence-corrected chi connectivity index (χ2v) is 8.12. The first kappa shape index (κ1) is 21.0. The largest absolute Gasteiger partial charge is 0.491 e. The standard InChI is InChI=1S/C17H19BF4O3S/c1-9(23)26-8-10(18-24-16(2,3)17(4,5)25-18)6-11-14(21)12(19)7-13(20)15(11)22/h6-7H,8H2,1-5H3. The summed E-state index contributed by atoms with van der Waals surface area (Å²) in [6.45, 7) is 8.46. The molecule has 1 saturated heterocycles. The molecule has 0 unspecified atom stereocenters. The Hall–Kier alpha value is -1.32. The van der Waals surface area contributed by atoms with Crippen LogP contribution in [-0.2, 0) is 14.1 Å². The number of carbonyl (C=O) groups is 1. The van der Waals surface area contributed by atoms with Crippen molar-refractivity contribution < 1.29 is 31.7 Å². The van der Waals surface area contributed by atoms with E-state index >= 15 is 0 Å². The number of benzene rings is 1. The molecule has 1 heterocycles. The minimum atomic E-state index is -1.52. The maximum absolute atomic E-state index is 14.0. The van der Waals surface area contributed by atoms with Crippen molar-refractivity contribution in [1.29, 1.82) is 0 Å². The van der Waals surface area contributed by atoms with E-state index in [1.807, 2.05) is 0 Å². The van der Waals surface area contributed by atoms with Crippen LogP contribution in [0.1, 0.15) is 40.2 Å². The van der Waals surface area contributed by atoms with Crippen molar-refractivity contribution in [3.63, 3.8) is 0 Å². The molecular weight excluding hydrogens is 371 g/mol. The van der Waals surface area contributed by atoms with E-state index in [1.165, 1.54) is 6.92 Å². The van der Waals surface area contributed by atoms with Gasteiger partial charge in [0.1, 0.15) is 0 Å². The van der Waals surface area contributed by atoms with Crippen LogP contribution in [0.2, 0.25) is 0 Å². The Bertz CT molecular complexity index is 723. The van der Waals surface area contributed by atoms with Gasteiger partial charge in [-0.2, -0.15) is 0 Å². The Labute approximate surface area is 154 Å². The van der Waals surface area contributed by atoms with Crippen LogP contribution in [0.15, 0.2) is 11.5 Å². The summed E-state index contributed by atoms with van der Waals surface area (Å²) in [5, 5.41) is -0.237. The van der Waals surface area contributed by atoms with Gasteiger partial charge in [0.15, 0.2) is 28.4 Å². The number of rotatable bonds is 4. The molecule has 0 aromatic heterocycles. The fourth-order valence-electron chi connectivity index (χ4n) is 2.26. The predicted octanol–water partition coefficient (Wildman–Crippen LogP) is 4.54. The van der Waals surface area contributed by atoms with E-state index in [0.29, 0.717) is 0 Å². The summed E-state index contributed by atoms with van der Waals surface area (Å²) in [5.41, 5.74) is -2.16. The average Bonchev–Trinajstić information content (AvgIpc) is 2.72. The molecule has 0 radical (unpaired) electrons. The molecule has 9 heteroatoms. The monoisotopic (exact) mass is 390 g/mol. The van der Waals surface area contributed by atoms with Crippen LogP contribution in [0.4, 0.5) is 17.6 Å². The molecule has 26 heavy (non-hydrogen) atoms. The number of hydrogen-bond acceptors (Lipinski definition) is 4. The van der Waals surface area contributed by atoms with Crippen molar-refractivity contribution >= 4 is 30.1 Å². The summed E-state index contributed by atoms with van der Waals surface area (Å²) >= 11 is 0.866. The molecule has 1 aliphatic rings. The molecule has 3 nitrogen and oxygen atoms in total. The number of halogens is 4. The van der Waals surface area contributed by atoms with Gasteiger partial charge in [0.05, 0.1) is 16.8 Å². The minimum Gasteiger partial charge on any atom is -0.400 e. The summed E-state index contributed by atoms with van der Waals surface area (Å²) in [7, 11) is -1.02. The van der Waals surface area contributed by atoms with Crippen LogP contribution in [0.25, 0.3) is 6.08 Å². The van der Waals surface area contributed by atoms with Gasteiger partial charge in [-0.25, -0.2) is 17.6 Å². The Morgan fingerprint density at radius 1 is 1.08 bits per heavy atom. The van der Waals surface area contributed by atoms with Crippen molar-refractivity contribution in [2.24, 2.45) is 0 Å². The highest BCUT2D eigenvalue weighted by molar-refractivity contribution is 8.13. The van der Waals surface area contributed by atoms with E-state index in [2.05, 4.69) is 0 Å². The lowest BCUT2D eigenvalue weighted by atomic mass is 9.78. The Morgan fingerprint density at radius 3 is 1.96 bits per heavy atom. The van der Waals surface area contributed by atoms with E-state index in [4.69, 9.17) is 9.31 Å². The Morgan fingerprint density at radius 2 is 1.54 bits per heavy atom. The lowest BCUT2D eigenvalue weighted by Gasteiger charge is -2.32. The van der Waals surface area contributed by atoms with Crippen LogP contribution in [-0.4, -0.2) is 29.2 Å². The van der Waals surface area contributed by atoms with Crippen molar-refractivity contribution in [1.82, 2.24) is 0 Å². The lowest BCUT2D eigenvalue weighted by molar-refractivity contribution is -0.109. The summed E-state index contributed by atoms with van der Waals surface area (Å²) < 4.78 is 66.6. The van der Waals surface area contributed by atoms with E-state index in [0.717, 1.165) is 17.8 Å². The highest BCUT2D eigenvalue weighted by atomic mass is 32.2. The SMILES string of the molecule is CC(=O)SCC(=Cc1c(F)c(F)cc(F)c1F)B1OC(C)(C)C(C)(C)O1. The van der Waals surface area contributed by atoms with Gasteiger partial charge in [-0.3, -0.25) is 4.79 Å². The summed E-state index contributed by atoms with van der Waals surface area (Å²) in [5.74, 6) is -6.08. The third-order valence-corrected chi connectivity index (χ3v) is 5.36. The zero-order valence-electron chi connectivity index (χ0n) is 15.1. The molecule has 0 aliphatic carbocycles. The first-order valence-electron chi connectivity index (χ1n) is 7.88. The molecule has 0 spiro atoms. The average molecular weight is 390 g/mol. The Balaban J connectivity index is 2.50. The zero-order chi connectivity index (χ0) is 19.9. The van der Waals surface area contributed by atoms with Crippen molar-refractivity contribution in [2.45, 2.75) is 45.8 Å². The molecule has 1 aliphatic heterocycles. The highest BCUT2D eigenvalue weighted by Crippen LogP contribution is 2.39. The van der Waals surface area contributed by atoms with Crippen molar-refractivity contribution in [2.75, 3.05) is 5.75 Å². The van der Waals surface area contributed by atoms with Crippen LogP contribution >= 0.6 is 11.8 Å². The maximum Gasteiger partial charge on any atom is 0.491 e. The van der Waals surface area contributed by atoms with Gasteiger partial charge in [-0.1, -0.05) is 17.8 Å². The number of thioether (sulfide) groups is 1. The van der Waals surface area contributed by atoms with Gasteiger partial charge in [0.25, 0.3) is 0 Å². The first-order valence-corrected chi connectivity index (χ1v) is 8.87. The Kier molecular flexibility index (Phi) is 5.94. The summed E-state index contributed by atoms with van der Waals surface area (Å²) in [4.78, 5) is 11.3. The van der Waals surface area contributed by atoms with Gasteiger partial charge < -0.3 is 9.31 Å². The molecule has 0 N–H and O–H groups in total. The molecular formula is C17H19BF4O3S. The van der Waals surface area contributed by atoms with Gasteiger partial charge in [-0.05, 0) is 33.2 Å². The number of hydrogen-bond donors (Lipinski definition) is 0. The molecule has 2 rings (SSSR count). The zero-order valence-corrected chi connectivity index (χ0v) is 15.9. The molecule has 0 amide bonds. The summed E-state index contributed by atoms with van der Waals surface area (Å²) in [6, 6.07) is 0.140. The van der Waals surface area contributed by atoms with E-state index in [9.17, 15) is 22.4 Å². The second-order valence-electron chi connectivity index (χ2n) is 6.97. The quantitative estimate of drug-likeness (QED) is 0.430. The smallest absolute Gasteiger partial charge is 0.400 e. The van der Waals surface area contributed by atoms with Crippen LogP contribution in [0.3, 0.4) is 0 Å². The van der Waals surface area contributed by atoms with Gasteiger partial charge >= 0.3 is 7.12 Å². The van der Waals surface area contributed by atoms with E-state index in [-0.39, 0.29) is 22.4 Å². The lowest BCUT2D eigenvalue weighted by Crippen LogP contribution is -2.41. The minimum absolute atomic E-state index is 0.0107. The third-order valence-electron chi connectivity index (χ3n) is 4.47. The number of carbonyl (C=O) groups excluding carboxylic acids is 1. The summed E-state index contributed by atoms with van der Waals surface area (Å²) in [6.07, 6.45) is 0.939. The van der Waals surface area contributed by atoms with E-state index in [1.54, 1.807) is 27.7 Å². The molecule has 142 valence electrons. The molecule has 1 fully saturated rings. The normalized spacial score (nSPS) is 19.1. The molecule has 1 aromatic carbocycles. The first-order chi connectivity index (χ1) is 11.9. The topological polar surface area (TPSA) is 35.5 Å².